The van der Waals surface area contributed by atoms with Crippen LogP contribution in [0.3, 0.4) is 0 Å². The Morgan fingerprint density at radius 3 is 1.90 bits per heavy atom. The van der Waals surface area contributed by atoms with Gasteiger partial charge in [-0.15, -0.1) is 0 Å². The molecule has 1 unspecified atom stereocenters. The molecule has 0 bridgehead atoms. The van der Waals surface area contributed by atoms with Crippen molar-refractivity contribution in [1.29, 1.82) is 0 Å². The summed E-state index contributed by atoms with van der Waals surface area (Å²) < 4.78 is 0. The van der Waals surface area contributed by atoms with Crippen molar-refractivity contribution < 1.29 is 0 Å². The van der Waals surface area contributed by atoms with E-state index in [-0.39, 0.29) is 0 Å². The first-order chi connectivity index (χ1) is 4.63. The fourth-order valence-electron chi connectivity index (χ4n) is 0.511. The Balaban J connectivity index is 3.52. The maximum Gasteiger partial charge on any atom is 0.0171 e. The van der Waals surface area contributed by atoms with E-state index in [0.29, 0.717) is 11.2 Å². The van der Waals surface area contributed by atoms with Gasteiger partial charge in [-0.2, -0.15) is 12.6 Å². The molecule has 0 N–H and O–H groups in total. The molecule has 0 spiro atoms. The third kappa shape index (κ3) is 7.83. The summed E-state index contributed by atoms with van der Waals surface area (Å²) in [5.74, 6) is 0.639. The summed E-state index contributed by atoms with van der Waals surface area (Å²) in [6.45, 7) is 6.37. The van der Waals surface area contributed by atoms with Gasteiger partial charge in [-0.05, 0) is 12.8 Å². The van der Waals surface area contributed by atoms with Gasteiger partial charge < -0.3 is 0 Å². The van der Waals surface area contributed by atoms with Crippen molar-refractivity contribution in [2.24, 2.45) is 5.92 Å². The molecule has 0 fully saturated rings. The van der Waals surface area contributed by atoms with E-state index in [1.807, 2.05) is 13.0 Å². The molecule has 0 aromatic rings. The molecule has 0 saturated carbocycles. The SMILES string of the molecule is CC(S)/C=C\C=C\C(C)C. The van der Waals surface area contributed by atoms with Crippen LogP contribution in [0.15, 0.2) is 24.3 Å². The summed E-state index contributed by atoms with van der Waals surface area (Å²) in [4.78, 5) is 0. The lowest BCUT2D eigenvalue weighted by molar-refractivity contribution is 0.832. The molecule has 1 heteroatoms. The second-order valence-corrected chi connectivity index (χ2v) is 3.57. The van der Waals surface area contributed by atoms with Crippen LogP contribution < -0.4 is 0 Å². The molecular formula is C9H16S. The minimum Gasteiger partial charge on any atom is -0.172 e. The van der Waals surface area contributed by atoms with Crippen molar-refractivity contribution in [3.63, 3.8) is 0 Å². The van der Waals surface area contributed by atoms with Gasteiger partial charge in [-0.3, -0.25) is 0 Å². The molecular weight excluding hydrogens is 140 g/mol. The van der Waals surface area contributed by atoms with Crippen LogP contribution in [0, 0.1) is 5.92 Å². The maximum absolute atomic E-state index is 4.20. The zero-order valence-corrected chi connectivity index (χ0v) is 7.81. The van der Waals surface area contributed by atoms with Crippen LogP contribution in [0.1, 0.15) is 20.8 Å². The molecule has 0 aliphatic carbocycles. The zero-order valence-electron chi connectivity index (χ0n) is 6.91. The summed E-state index contributed by atoms with van der Waals surface area (Å²) in [5, 5.41) is 0.358. The van der Waals surface area contributed by atoms with Crippen molar-refractivity contribution in [1.82, 2.24) is 0 Å². The van der Waals surface area contributed by atoms with Gasteiger partial charge in [0.1, 0.15) is 0 Å². The van der Waals surface area contributed by atoms with Crippen LogP contribution in [0.2, 0.25) is 0 Å². The van der Waals surface area contributed by atoms with Crippen LogP contribution in [-0.2, 0) is 0 Å². The van der Waals surface area contributed by atoms with Gasteiger partial charge in [-0.1, -0.05) is 38.2 Å². The Kier molecular flexibility index (Phi) is 5.51. The Hall–Kier alpha value is -0.170. The van der Waals surface area contributed by atoms with Crippen LogP contribution >= 0.6 is 12.6 Å². The van der Waals surface area contributed by atoms with Crippen molar-refractivity contribution >= 4 is 12.6 Å². The summed E-state index contributed by atoms with van der Waals surface area (Å²) >= 11 is 4.20. The molecule has 0 aromatic carbocycles. The summed E-state index contributed by atoms with van der Waals surface area (Å²) in [5.41, 5.74) is 0. The van der Waals surface area contributed by atoms with Crippen molar-refractivity contribution in [2.45, 2.75) is 26.0 Å². The first-order valence-corrected chi connectivity index (χ1v) is 4.17. The van der Waals surface area contributed by atoms with Crippen molar-refractivity contribution in [3.05, 3.63) is 24.3 Å². The molecule has 1 atom stereocenters. The minimum atomic E-state index is 0.358. The standard InChI is InChI=1S/C9H16S/c1-8(2)6-4-5-7-9(3)10/h4-10H,1-3H3/b6-4+,7-5-. The first-order valence-electron chi connectivity index (χ1n) is 3.66. The topological polar surface area (TPSA) is 0 Å². The number of hydrogen-bond donors (Lipinski definition) is 1. The second-order valence-electron chi connectivity index (χ2n) is 2.75. The number of rotatable bonds is 3. The summed E-state index contributed by atoms with van der Waals surface area (Å²) in [7, 11) is 0. The Bertz CT molecular complexity index is 105. The van der Waals surface area contributed by atoms with E-state index in [1.165, 1.54) is 0 Å². The highest BCUT2D eigenvalue weighted by Gasteiger charge is 1.82. The predicted octanol–water partition coefficient (Wildman–Crippen LogP) is 3.07. The van der Waals surface area contributed by atoms with Gasteiger partial charge in [0.2, 0.25) is 0 Å². The zero-order chi connectivity index (χ0) is 7.98. The normalized spacial score (nSPS) is 15.7. The van der Waals surface area contributed by atoms with E-state index in [0.717, 1.165) is 0 Å². The quantitative estimate of drug-likeness (QED) is 0.471. The molecule has 0 aliphatic heterocycles. The van der Waals surface area contributed by atoms with E-state index in [1.54, 1.807) is 0 Å². The van der Waals surface area contributed by atoms with Crippen LogP contribution in [0.5, 0.6) is 0 Å². The molecule has 0 rings (SSSR count). The molecule has 0 amide bonds. The molecule has 0 saturated heterocycles. The Morgan fingerprint density at radius 1 is 1.00 bits per heavy atom. The maximum atomic E-state index is 4.20. The van der Waals surface area contributed by atoms with E-state index >= 15 is 0 Å². The largest absolute Gasteiger partial charge is 0.172 e. The molecule has 0 heterocycles. The first kappa shape index (κ1) is 9.83. The molecule has 10 heavy (non-hydrogen) atoms. The average molecular weight is 156 g/mol. The van der Waals surface area contributed by atoms with Gasteiger partial charge in [0, 0.05) is 5.25 Å². The third-order valence-corrected chi connectivity index (χ3v) is 1.17. The smallest absolute Gasteiger partial charge is 0.0171 e. The highest BCUT2D eigenvalue weighted by molar-refractivity contribution is 7.81. The number of thiol groups is 1. The van der Waals surface area contributed by atoms with E-state index in [9.17, 15) is 0 Å². The second kappa shape index (κ2) is 5.60. The summed E-state index contributed by atoms with van der Waals surface area (Å²) in [6.07, 6.45) is 8.32. The lowest BCUT2D eigenvalue weighted by atomic mass is 10.2. The molecule has 58 valence electrons. The molecule has 0 aliphatic rings. The monoisotopic (exact) mass is 156 g/mol. The number of hydrogen-bond acceptors (Lipinski definition) is 1. The third-order valence-electron chi connectivity index (χ3n) is 0.997. The summed E-state index contributed by atoms with van der Waals surface area (Å²) in [6, 6.07) is 0. The average Bonchev–Trinajstić information content (AvgIpc) is 1.79. The molecule has 0 nitrogen and oxygen atoms in total. The molecule has 0 radical (unpaired) electrons. The van der Waals surface area contributed by atoms with E-state index in [4.69, 9.17) is 0 Å². The van der Waals surface area contributed by atoms with Gasteiger partial charge in [0.15, 0.2) is 0 Å². The number of allylic oxidation sites excluding steroid dienone is 3. The highest BCUT2D eigenvalue weighted by atomic mass is 32.1. The van der Waals surface area contributed by atoms with Gasteiger partial charge >= 0.3 is 0 Å². The predicted molar refractivity (Wildman–Crippen MR) is 51.6 cm³/mol. The van der Waals surface area contributed by atoms with Crippen molar-refractivity contribution in [2.75, 3.05) is 0 Å². The van der Waals surface area contributed by atoms with Crippen LogP contribution in [-0.4, -0.2) is 5.25 Å². The molecule has 0 aromatic heterocycles. The Labute approximate surface area is 69.4 Å². The lowest BCUT2D eigenvalue weighted by Gasteiger charge is -1.91. The minimum absolute atomic E-state index is 0.358. The van der Waals surface area contributed by atoms with E-state index < -0.39 is 0 Å². The van der Waals surface area contributed by atoms with Gasteiger partial charge in [0.05, 0.1) is 0 Å². The van der Waals surface area contributed by atoms with Crippen LogP contribution in [0.4, 0.5) is 0 Å². The lowest BCUT2D eigenvalue weighted by Crippen LogP contribution is -1.80. The highest BCUT2D eigenvalue weighted by Crippen LogP contribution is 1.96. The van der Waals surface area contributed by atoms with Gasteiger partial charge in [0.25, 0.3) is 0 Å². The van der Waals surface area contributed by atoms with E-state index in [2.05, 4.69) is 44.7 Å². The van der Waals surface area contributed by atoms with Gasteiger partial charge in [-0.25, -0.2) is 0 Å². The Morgan fingerprint density at radius 2 is 1.50 bits per heavy atom. The fraction of sp³-hybridized carbons (Fsp3) is 0.556. The fourth-order valence-corrected chi connectivity index (χ4v) is 0.611. The van der Waals surface area contributed by atoms with Crippen LogP contribution in [0.25, 0.3) is 0 Å². The van der Waals surface area contributed by atoms with Crippen molar-refractivity contribution in [3.8, 4) is 0 Å².